The van der Waals surface area contributed by atoms with Gasteiger partial charge in [-0.05, 0) is 6.07 Å². The van der Waals surface area contributed by atoms with Gasteiger partial charge in [0.05, 0.1) is 5.69 Å². The number of hydrogen-bond acceptors (Lipinski definition) is 4. The molecule has 0 saturated heterocycles. The first-order valence-corrected chi connectivity index (χ1v) is 3.19. The number of fused-ring (bicyclic) bond motifs is 1. The molecule has 2 aromatic heterocycles. The summed E-state index contributed by atoms with van der Waals surface area (Å²) in [5, 5.41) is 0. The summed E-state index contributed by atoms with van der Waals surface area (Å²) in [7, 11) is 0. The van der Waals surface area contributed by atoms with Crippen LogP contribution in [0.1, 0.15) is 0 Å². The molecule has 2 heterocycles. The van der Waals surface area contributed by atoms with Crippen molar-refractivity contribution in [2.24, 2.45) is 0 Å². The maximum absolute atomic E-state index is 5.61. The Morgan fingerprint density at radius 3 is 2.55 bits per heavy atom. The topological polar surface area (TPSA) is 64.7 Å². The molecular formula is C7H6N4. The predicted molar refractivity (Wildman–Crippen MR) is 41.7 cm³/mol. The normalized spacial score (nSPS) is 10.2. The van der Waals surface area contributed by atoms with E-state index in [0.717, 1.165) is 0 Å². The van der Waals surface area contributed by atoms with Crippen LogP contribution < -0.4 is 5.73 Å². The molecule has 4 nitrogen and oxygen atoms in total. The summed E-state index contributed by atoms with van der Waals surface area (Å²) < 4.78 is 0. The van der Waals surface area contributed by atoms with Crippen LogP contribution >= 0.6 is 0 Å². The first-order chi connectivity index (χ1) is 5.38. The first kappa shape index (κ1) is 6.03. The molecule has 0 aliphatic heterocycles. The zero-order valence-corrected chi connectivity index (χ0v) is 5.73. The summed E-state index contributed by atoms with van der Waals surface area (Å²) >= 11 is 0. The number of rotatable bonds is 0. The van der Waals surface area contributed by atoms with Gasteiger partial charge >= 0.3 is 0 Å². The fraction of sp³-hybridized carbons (Fsp3) is 0. The molecule has 0 amide bonds. The molecule has 54 valence electrons. The summed E-state index contributed by atoms with van der Waals surface area (Å²) in [6.07, 6.45) is 4.81. The fourth-order valence-corrected chi connectivity index (χ4v) is 0.896. The van der Waals surface area contributed by atoms with Gasteiger partial charge < -0.3 is 5.73 Å². The Hall–Kier alpha value is -1.71. The maximum atomic E-state index is 5.61. The van der Waals surface area contributed by atoms with Crippen molar-refractivity contribution in [1.82, 2.24) is 15.0 Å². The molecule has 0 radical (unpaired) electrons. The van der Waals surface area contributed by atoms with Crippen molar-refractivity contribution < 1.29 is 0 Å². The van der Waals surface area contributed by atoms with E-state index in [-0.39, 0.29) is 0 Å². The number of nitrogens with two attached hydrogens (primary N) is 1. The molecule has 0 fully saturated rings. The number of nitrogen functional groups attached to an aromatic ring is 1. The summed E-state index contributed by atoms with van der Waals surface area (Å²) in [4.78, 5) is 12.0. The van der Waals surface area contributed by atoms with Crippen molar-refractivity contribution in [3.05, 3.63) is 24.7 Å². The van der Waals surface area contributed by atoms with Crippen LogP contribution in [0.15, 0.2) is 24.7 Å². The van der Waals surface area contributed by atoms with Crippen molar-refractivity contribution in [2.75, 3.05) is 5.73 Å². The molecule has 2 rings (SSSR count). The molecule has 2 N–H and O–H groups in total. The van der Waals surface area contributed by atoms with Crippen LogP contribution in [0.3, 0.4) is 0 Å². The molecule has 11 heavy (non-hydrogen) atoms. The lowest BCUT2D eigenvalue weighted by Crippen LogP contribution is -1.92. The van der Waals surface area contributed by atoms with Crippen LogP contribution in [-0.2, 0) is 0 Å². The lowest BCUT2D eigenvalue weighted by atomic mass is 10.3. The van der Waals surface area contributed by atoms with Gasteiger partial charge in [-0.2, -0.15) is 0 Å². The standard InChI is InChI=1S/C7H6N4/c8-5-1-2-10-7-6(5)9-3-4-11-7/h1-4H,(H2,8,10,11). The van der Waals surface area contributed by atoms with Crippen LogP contribution in [-0.4, -0.2) is 15.0 Å². The van der Waals surface area contributed by atoms with Gasteiger partial charge in [-0.3, -0.25) is 0 Å². The molecule has 0 unspecified atom stereocenters. The Morgan fingerprint density at radius 1 is 1.00 bits per heavy atom. The molecule has 2 aromatic rings. The number of hydrogen-bond donors (Lipinski definition) is 1. The third-order valence-corrected chi connectivity index (χ3v) is 1.40. The van der Waals surface area contributed by atoms with Crippen LogP contribution in [0.4, 0.5) is 5.69 Å². The fourth-order valence-electron chi connectivity index (χ4n) is 0.896. The lowest BCUT2D eigenvalue weighted by Gasteiger charge is -1.95. The van der Waals surface area contributed by atoms with Crippen molar-refractivity contribution in [3.8, 4) is 0 Å². The highest BCUT2D eigenvalue weighted by Crippen LogP contribution is 2.11. The van der Waals surface area contributed by atoms with Crippen molar-refractivity contribution in [3.63, 3.8) is 0 Å². The third kappa shape index (κ3) is 0.881. The second-order valence-corrected chi connectivity index (χ2v) is 2.13. The van der Waals surface area contributed by atoms with E-state index in [2.05, 4.69) is 15.0 Å². The largest absolute Gasteiger partial charge is 0.397 e. The lowest BCUT2D eigenvalue weighted by molar-refractivity contribution is 1.23. The first-order valence-electron chi connectivity index (χ1n) is 3.19. The summed E-state index contributed by atoms with van der Waals surface area (Å²) in [5.74, 6) is 0. The number of pyridine rings is 1. The maximum Gasteiger partial charge on any atom is 0.180 e. The average molecular weight is 146 g/mol. The molecule has 0 aliphatic carbocycles. The average Bonchev–Trinajstić information content (AvgIpc) is 2.06. The molecule has 0 aromatic carbocycles. The Morgan fingerprint density at radius 2 is 1.73 bits per heavy atom. The molecule has 0 atom stereocenters. The monoisotopic (exact) mass is 146 g/mol. The van der Waals surface area contributed by atoms with Gasteiger partial charge in [-0.25, -0.2) is 15.0 Å². The van der Waals surface area contributed by atoms with Gasteiger partial charge in [0.2, 0.25) is 0 Å². The Kier molecular flexibility index (Phi) is 1.18. The third-order valence-electron chi connectivity index (χ3n) is 1.40. The predicted octanol–water partition coefficient (Wildman–Crippen LogP) is 0.607. The van der Waals surface area contributed by atoms with E-state index in [9.17, 15) is 0 Å². The van der Waals surface area contributed by atoms with E-state index < -0.39 is 0 Å². The Balaban J connectivity index is 2.91. The molecule has 0 aliphatic rings. The second-order valence-electron chi connectivity index (χ2n) is 2.13. The van der Waals surface area contributed by atoms with Gasteiger partial charge in [0.1, 0.15) is 5.52 Å². The van der Waals surface area contributed by atoms with Crippen LogP contribution in [0, 0.1) is 0 Å². The Bertz CT molecular complexity index is 380. The highest BCUT2D eigenvalue weighted by atomic mass is 14.9. The van der Waals surface area contributed by atoms with Gasteiger partial charge in [0, 0.05) is 18.6 Å². The van der Waals surface area contributed by atoms with Crippen molar-refractivity contribution in [1.29, 1.82) is 0 Å². The minimum atomic E-state index is 0.590. The Labute approximate surface area is 63.1 Å². The smallest absolute Gasteiger partial charge is 0.180 e. The summed E-state index contributed by atoms with van der Waals surface area (Å²) in [6, 6.07) is 1.71. The van der Waals surface area contributed by atoms with Crippen molar-refractivity contribution >= 4 is 16.9 Å². The van der Waals surface area contributed by atoms with Crippen LogP contribution in [0.25, 0.3) is 11.2 Å². The van der Waals surface area contributed by atoms with E-state index in [0.29, 0.717) is 16.9 Å². The molecular weight excluding hydrogens is 140 g/mol. The van der Waals surface area contributed by atoms with E-state index in [1.54, 1.807) is 24.7 Å². The second kappa shape index (κ2) is 2.16. The van der Waals surface area contributed by atoms with E-state index >= 15 is 0 Å². The highest BCUT2D eigenvalue weighted by Gasteiger charge is 1.97. The van der Waals surface area contributed by atoms with Gasteiger partial charge in [-0.1, -0.05) is 0 Å². The van der Waals surface area contributed by atoms with E-state index in [1.165, 1.54) is 0 Å². The van der Waals surface area contributed by atoms with E-state index in [1.807, 2.05) is 0 Å². The minimum Gasteiger partial charge on any atom is -0.397 e. The van der Waals surface area contributed by atoms with Gasteiger partial charge in [-0.15, -0.1) is 0 Å². The number of nitrogens with zero attached hydrogens (tertiary/aromatic N) is 3. The van der Waals surface area contributed by atoms with Crippen LogP contribution in [0.5, 0.6) is 0 Å². The number of anilines is 1. The summed E-state index contributed by atoms with van der Waals surface area (Å²) in [6.45, 7) is 0. The molecule has 0 spiro atoms. The molecule has 0 saturated carbocycles. The van der Waals surface area contributed by atoms with E-state index in [4.69, 9.17) is 5.73 Å². The zero-order valence-electron chi connectivity index (χ0n) is 5.73. The minimum absolute atomic E-state index is 0.590. The summed E-state index contributed by atoms with van der Waals surface area (Å²) in [5.41, 5.74) is 7.48. The van der Waals surface area contributed by atoms with Crippen LogP contribution in [0.2, 0.25) is 0 Å². The number of aromatic nitrogens is 3. The van der Waals surface area contributed by atoms with Gasteiger partial charge in [0.15, 0.2) is 5.65 Å². The SMILES string of the molecule is Nc1ccnc2nccnc12. The quantitative estimate of drug-likeness (QED) is 0.591. The highest BCUT2D eigenvalue weighted by molar-refractivity contribution is 5.82. The molecule has 0 bridgehead atoms. The van der Waals surface area contributed by atoms with Crippen molar-refractivity contribution in [2.45, 2.75) is 0 Å². The van der Waals surface area contributed by atoms with Gasteiger partial charge in [0.25, 0.3) is 0 Å². The zero-order chi connectivity index (χ0) is 7.68. The molecule has 4 heteroatoms.